The molecular weight excluding hydrogens is 408 g/mol. The van der Waals surface area contributed by atoms with Crippen molar-refractivity contribution in [3.63, 3.8) is 0 Å². The van der Waals surface area contributed by atoms with Crippen LogP contribution in [-0.4, -0.2) is 42.8 Å². The third-order valence-corrected chi connectivity index (χ3v) is 5.34. The highest BCUT2D eigenvalue weighted by Gasteiger charge is 2.48. The fourth-order valence-electron chi connectivity index (χ4n) is 3.44. The summed E-state index contributed by atoms with van der Waals surface area (Å²) in [6, 6.07) is 6.96. The Morgan fingerprint density at radius 3 is 2.67 bits per heavy atom. The number of aliphatic imine (C=N–C) groups is 1. The molecule has 1 saturated carbocycles. The number of ketones is 1. The number of benzene rings is 1. The molecule has 0 N–H and O–H groups in total. The molecule has 0 bridgehead atoms. The maximum Gasteiger partial charge on any atom is 0.413 e. The largest absolute Gasteiger partial charge is 0.424 e. The van der Waals surface area contributed by atoms with Gasteiger partial charge in [-0.15, -0.1) is 0 Å². The van der Waals surface area contributed by atoms with E-state index in [0.29, 0.717) is 23.4 Å². The summed E-state index contributed by atoms with van der Waals surface area (Å²) in [5.41, 5.74) is -0.547. The van der Waals surface area contributed by atoms with Gasteiger partial charge in [0.25, 0.3) is 0 Å². The lowest BCUT2D eigenvalue weighted by atomic mass is 9.74. The number of hydrogen-bond donors (Lipinski definition) is 0. The SMILES string of the molecule is C=C/C(=C/N=C\C)C(=O)OCOC(=O)N(C)C1(c2ccccc2Cl)CCCCC1=O. The molecular formula is C22H25ClN2O5. The van der Waals surface area contributed by atoms with Crippen molar-refractivity contribution < 1.29 is 23.9 Å². The Labute approximate surface area is 181 Å². The smallest absolute Gasteiger partial charge is 0.413 e. The van der Waals surface area contributed by atoms with Crippen molar-refractivity contribution in [2.24, 2.45) is 4.99 Å². The van der Waals surface area contributed by atoms with Crippen LogP contribution in [0.15, 0.2) is 53.7 Å². The molecule has 30 heavy (non-hydrogen) atoms. The molecule has 1 aromatic rings. The van der Waals surface area contributed by atoms with E-state index in [0.717, 1.165) is 12.8 Å². The van der Waals surface area contributed by atoms with Crippen molar-refractivity contribution in [2.75, 3.05) is 13.8 Å². The van der Waals surface area contributed by atoms with Crippen molar-refractivity contribution in [3.05, 3.63) is 59.3 Å². The van der Waals surface area contributed by atoms with E-state index in [1.54, 1.807) is 31.2 Å². The third-order valence-electron chi connectivity index (χ3n) is 5.01. The highest BCUT2D eigenvalue weighted by atomic mass is 35.5. The van der Waals surface area contributed by atoms with E-state index in [9.17, 15) is 14.4 Å². The quantitative estimate of drug-likeness (QED) is 0.209. The molecule has 1 aliphatic rings. The van der Waals surface area contributed by atoms with Crippen LogP contribution in [0.5, 0.6) is 0 Å². The van der Waals surface area contributed by atoms with Gasteiger partial charge in [-0.25, -0.2) is 9.59 Å². The van der Waals surface area contributed by atoms with Crippen molar-refractivity contribution in [1.29, 1.82) is 0 Å². The summed E-state index contributed by atoms with van der Waals surface area (Å²) < 4.78 is 10.1. The minimum absolute atomic E-state index is 0.104. The normalized spacial score (nSPS) is 19.4. The van der Waals surface area contributed by atoms with Crippen LogP contribution in [0, 0.1) is 0 Å². The van der Waals surface area contributed by atoms with Gasteiger partial charge in [-0.05, 0) is 32.3 Å². The van der Waals surface area contributed by atoms with Crippen LogP contribution in [0.1, 0.15) is 38.2 Å². The molecule has 7 nitrogen and oxygen atoms in total. The van der Waals surface area contributed by atoms with E-state index >= 15 is 0 Å². The average molecular weight is 433 g/mol. The predicted octanol–water partition coefficient (Wildman–Crippen LogP) is 4.41. The monoisotopic (exact) mass is 432 g/mol. The van der Waals surface area contributed by atoms with E-state index in [4.69, 9.17) is 21.1 Å². The van der Waals surface area contributed by atoms with Gasteiger partial charge in [-0.2, -0.15) is 0 Å². The van der Waals surface area contributed by atoms with Gasteiger partial charge in [0.05, 0.1) is 5.57 Å². The summed E-state index contributed by atoms with van der Waals surface area (Å²) >= 11 is 6.37. The minimum Gasteiger partial charge on any atom is -0.424 e. The maximum absolute atomic E-state index is 13.0. The van der Waals surface area contributed by atoms with Crippen LogP contribution < -0.4 is 0 Å². The zero-order chi connectivity index (χ0) is 22.1. The number of nitrogens with zero attached hydrogens (tertiary/aromatic N) is 2. The Balaban J connectivity index is 2.15. The summed E-state index contributed by atoms with van der Waals surface area (Å²) in [4.78, 5) is 42.8. The van der Waals surface area contributed by atoms with Crippen LogP contribution in [0.25, 0.3) is 0 Å². The number of ether oxygens (including phenoxy) is 2. The molecule has 1 fully saturated rings. The zero-order valence-electron chi connectivity index (χ0n) is 17.1. The number of esters is 1. The number of amides is 1. The first kappa shape index (κ1) is 23.3. The lowest BCUT2D eigenvalue weighted by Crippen LogP contribution is -2.54. The van der Waals surface area contributed by atoms with Crippen LogP contribution in [-0.2, 0) is 24.6 Å². The van der Waals surface area contributed by atoms with E-state index in [-0.39, 0.29) is 11.4 Å². The second kappa shape index (κ2) is 10.7. The van der Waals surface area contributed by atoms with Gasteiger partial charge >= 0.3 is 12.1 Å². The number of rotatable bonds is 7. The molecule has 0 heterocycles. The van der Waals surface area contributed by atoms with Crippen molar-refractivity contribution in [2.45, 2.75) is 38.1 Å². The first-order valence-electron chi connectivity index (χ1n) is 9.55. The highest BCUT2D eigenvalue weighted by molar-refractivity contribution is 6.31. The average Bonchev–Trinajstić information content (AvgIpc) is 2.74. The molecule has 0 saturated heterocycles. The van der Waals surface area contributed by atoms with Gasteiger partial charge in [-0.3, -0.25) is 14.7 Å². The molecule has 0 aliphatic heterocycles. The Kier molecular flexibility index (Phi) is 8.35. The number of Topliss-reactive ketones (excluding diaryl/α,β-unsaturated/α-hetero) is 1. The van der Waals surface area contributed by atoms with Crippen molar-refractivity contribution >= 4 is 35.7 Å². The molecule has 1 atom stereocenters. The zero-order valence-corrected chi connectivity index (χ0v) is 17.9. The van der Waals surface area contributed by atoms with Gasteiger partial charge in [0.1, 0.15) is 5.54 Å². The van der Waals surface area contributed by atoms with Gasteiger partial charge < -0.3 is 9.47 Å². The molecule has 0 radical (unpaired) electrons. The second-order valence-electron chi connectivity index (χ2n) is 6.69. The van der Waals surface area contributed by atoms with Crippen LogP contribution in [0.2, 0.25) is 5.02 Å². The Hall–Kier alpha value is -2.93. The molecule has 2 rings (SSSR count). The lowest BCUT2D eigenvalue weighted by molar-refractivity contribution is -0.148. The molecule has 1 aliphatic carbocycles. The summed E-state index contributed by atoms with van der Waals surface area (Å²) in [7, 11) is 1.49. The van der Waals surface area contributed by atoms with E-state index < -0.39 is 24.4 Å². The molecule has 1 amide bonds. The van der Waals surface area contributed by atoms with E-state index in [1.807, 2.05) is 0 Å². The predicted molar refractivity (Wildman–Crippen MR) is 114 cm³/mol. The summed E-state index contributed by atoms with van der Waals surface area (Å²) in [6.45, 7) is 4.60. The summed E-state index contributed by atoms with van der Waals surface area (Å²) in [5, 5.41) is 0.399. The topological polar surface area (TPSA) is 85.3 Å². The Bertz CT molecular complexity index is 880. The first-order valence-corrected chi connectivity index (χ1v) is 9.92. The number of carbonyl (C=O) groups is 3. The van der Waals surface area contributed by atoms with Crippen molar-refractivity contribution in [1.82, 2.24) is 4.90 Å². The number of likely N-dealkylation sites (N-methyl/N-ethyl adjacent to an activating group) is 1. The second-order valence-corrected chi connectivity index (χ2v) is 7.09. The minimum atomic E-state index is -1.22. The van der Waals surface area contributed by atoms with Gasteiger partial charge in [0.2, 0.25) is 6.79 Å². The molecule has 1 aromatic carbocycles. The summed E-state index contributed by atoms with van der Waals surface area (Å²) in [6.07, 6.45) is 5.56. The Morgan fingerprint density at radius 1 is 1.30 bits per heavy atom. The van der Waals surface area contributed by atoms with Gasteiger partial charge in [0.15, 0.2) is 5.78 Å². The number of hydrogen-bond acceptors (Lipinski definition) is 6. The molecule has 8 heteroatoms. The van der Waals surface area contributed by atoms with Crippen LogP contribution in [0.3, 0.4) is 0 Å². The third kappa shape index (κ3) is 4.97. The Morgan fingerprint density at radius 2 is 2.03 bits per heavy atom. The van der Waals surface area contributed by atoms with Crippen LogP contribution in [0.4, 0.5) is 4.79 Å². The molecule has 1 unspecified atom stereocenters. The fourth-order valence-corrected chi connectivity index (χ4v) is 3.73. The number of halogens is 1. The van der Waals surface area contributed by atoms with Gasteiger partial charge in [-0.1, -0.05) is 42.5 Å². The number of carbonyl (C=O) groups excluding carboxylic acids is 3. The first-order chi connectivity index (χ1) is 14.4. The highest BCUT2D eigenvalue weighted by Crippen LogP contribution is 2.42. The standard InChI is InChI=1S/C22H25ClN2O5/c1-4-16(14-24-5-2)20(27)29-15-30-21(28)25(3)22(13-9-8-12-19(22)26)17-10-6-7-11-18(17)23/h4-7,10-11,14H,1,8-9,12-13,15H2,2-3H3/b16-14-,24-5-. The molecule has 0 aromatic heterocycles. The summed E-state index contributed by atoms with van der Waals surface area (Å²) in [5.74, 6) is -0.840. The molecule has 160 valence electrons. The molecule has 0 spiro atoms. The van der Waals surface area contributed by atoms with E-state index in [2.05, 4.69) is 11.6 Å². The maximum atomic E-state index is 13.0. The van der Waals surface area contributed by atoms with E-state index in [1.165, 1.54) is 30.4 Å². The van der Waals surface area contributed by atoms with Gasteiger partial charge in [0, 0.05) is 36.5 Å². The van der Waals surface area contributed by atoms with Crippen LogP contribution >= 0.6 is 11.6 Å². The lowest BCUT2D eigenvalue weighted by Gasteiger charge is -2.43. The fraction of sp³-hybridized carbons (Fsp3) is 0.364. The van der Waals surface area contributed by atoms with Crippen molar-refractivity contribution in [3.8, 4) is 0 Å².